The first-order chi connectivity index (χ1) is 6.41. The van der Waals surface area contributed by atoms with Gasteiger partial charge in [-0.1, -0.05) is 0 Å². The molecule has 0 aromatic heterocycles. The Bertz CT molecular complexity index is 108. The van der Waals surface area contributed by atoms with E-state index in [9.17, 15) is 0 Å². The number of carboxylic acid groups (broad SMARTS) is 1. The summed E-state index contributed by atoms with van der Waals surface area (Å²) in [5.74, 6) is 0. The van der Waals surface area contributed by atoms with Crippen molar-refractivity contribution in [1.82, 2.24) is 0 Å². The number of rotatable bonds is 0. The topological polar surface area (TPSA) is 137 Å². The van der Waals surface area contributed by atoms with Crippen LogP contribution in [-0.4, -0.2) is 11.6 Å². The van der Waals surface area contributed by atoms with Crippen molar-refractivity contribution in [3.05, 3.63) is 33.3 Å². The van der Waals surface area contributed by atoms with Gasteiger partial charge in [-0.05, 0) is 0 Å². The molecule has 0 aromatic carbocycles. The third-order valence-electron chi connectivity index (χ3n) is 0. The second kappa shape index (κ2) is 49400. The summed E-state index contributed by atoms with van der Waals surface area (Å²) < 4.78 is 37.5. The molecule has 75 valence electrons. The molecular formula is C6H2O7Re. The molecule has 8 heteroatoms. The van der Waals surface area contributed by atoms with Crippen LogP contribution in [0, 0.1) is 33.3 Å². The summed E-state index contributed by atoms with van der Waals surface area (Å²) in [5.41, 5.74) is 0. The van der Waals surface area contributed by atoms with E-state index in [-0.39, 0.29) is 26.9 Å². The molecule has 14 heavy (non-hydrogen) atoms. The van der Waals surface area contributed by atoms with Gasteiger partial charge in [0, 0.05) is 20.4 Å². The molecule has 0 saturated heterocycles. The first-order valence-electron chi connectivity index (χ1n) is 1.51. The van der Waals surface area contributed by atoms with Crippen LogP contribution in [0.4, 0.5) is 0 Å². The van der Waals surface area contributed by atoms with E-state index in [1.165, 1.54) is 0 Å². The summed E-state index contributed by atoms with van der Waals surface area (Å²) in [7, 11) is 0. The fourth-order valence-electron chi connectivity index (χ4n) is 0. The van der Waals surface area contributed by atoms with Crippen LogP contribution in [0.1, 0.15) is 0 Å². The van der Waals surface area contributed by atoms with E-state index in [0.717, 1.165) is 0 Å². The van der Waals surface area contributed by atoms with Crippen LogP contribution in [0.5, 0.6) is 0 Å². The molecule has 0 spiro atoms. The minimum Gasteiger partial charge on any atom is 0 e. The zero-order chi connectivity index (χ0) is 12.7. The van der Waals surface area contributed by atoms with E-state index in [4.69, 9.17) is 33.2 Å². The van der Waals surface area contributed by atoms with E-state index >= 15 is 0 Å². The first kappa shape index (κ1) is 52.8. The summed E-state index contributed by atoms with van der Waals surface area (Å²) in [6, 6.07) is 0. The van der Waals surface area contributed by atoms with Crippen molar-refractivity contribution in [1.29, 1.82) is 0 Å². The average Bonchev–Trinajstić information content (AvgIpc) is 2.32. The molecule has 0 amide bonds. The third kappa shape index (κ3) is 768. The first-order valence-corrected chi connectivity index (χ1v) is 1.51. The Balaban J connectivity index is -0.00000000838. The van der Waals surface area contributed by atoms with Gasteiger partial charge in [-0.3, -0.25) is 4.79 Å². The summed E-state index contributed by atoms with van der Waals surface area (Å²) >= 11 is 0. The molecule has 0 heterocycles. The van der Waals surface area contributed by atoms with E-state index in [1.54, 1.807) is 0 Å². The van der Waals surface area contributed by atoms with Gasteiger partial charge in [-0.2, -0.15) is 0 Å². The van der Waals surface area contributed by atoms with Crippen molar-refractivity contribution in [3.8, 4) is 0 Å². The maximum absolute atomic E-state index is 8.36. The van der Waals surface area contributed by atoms with Crippen molar-refractivity contribution >= 4 is 6.47 Å². The minimum absolute atomic E-state index is 0. The summed E-state index contributed by atoms with van der Waals surface area (Å²) in [4.78, 5) is 8.36. The Morgan fingerprint density at radius 1 is 0.714 bits per heavy atom. The maximum Gasteiger partial charge on any atom is 0 e. The maximum atomic E-state index is 8.36. The summed E-state index contributed by atoms with van der Waals surface area (Å²) in [6.07, 6.45) is 0. The van der Waals surface area contributed by atoms with Gasteiger partial charge in [0.05, 0.1) is 0 Å². The van der Waals surface area contributed by atoms with E-state index < -0.39 is 0 Å². The van der Waals surface area contributed by atoms with Crippen molar-refractivity contribution < 1.29 is 53.6 Å². The second-order valence-electron chi connectivity index (χ2n) is 0.105. The van der Waals surface area contributed by atoms with Crippen LogP contribution >= 0.6 is 0 Å². The Morgan fingerprint density at radius 2 is 0.714 bits per heavy atom. The molecule has 0 atom stereocenters. The molecule has 1 radical (unpaired) electrons. The molecule has 0 aliphatic rings. The molecule has 0 fully saturated rings. The number of hydrogen-bond donors (Lipinski definition) is 1. The molecule has 0 bridgehead atoms. The molecular weight excluding hydrogens is 370 g/mol. The van der Waals surface area contributed by atoms with Gasteiger partial charge in [0.1, 0.15) is 0 Å². The van der Waals surface area contributed by atoms with E-state index in [1.807, 2.05) is 0 Å². The predicted octanol–water partition coefficient (Wildman–Crippen LogP) is -0.489. The molecule has 7 nitrogen and oxygen atoms in total. The Morgan fingerprint density at radius 3 is 0.714 bits per heavy atom. The fourth-order valence-corrected chi connectivity index (χ4v) is 0. The van der Waals surface area contributed by atoms with Crippen LogP contribution < -0.4 is 0 Å². The zero-order valence-corrected chi connectivity index (χ0v) is 9.07. The van der Waals surface area contributed by atoms with Crippen molar-refractivity contribution in [2.45, 2.75) is 0 Å². The largest absolute Gasteiger partial charge is 0 e. The molecule has 0 rings (SSSR count). The standard InChI is InChI=1S/CH2O2.5CO.Re/c2-1-3;5*1-2;/h1H,(H,2,3);;;;;;. The Labute approximate surface area is 93.7 Å². The van der Waals surface area contributed by atoms with Gasteiger partial charge in [0.25, 0.3) is 6.47 Å². The minimum atomic E-state index is -0.250. The van der Waals surface area contributed by atoms with Crippen molar-refractivity contribution in [2.24, 2.45) is 0 Å². The van der Waals surface area contributed by atoms with E-state index in [0.29, 0.717) is 0 Å². The third-order valence-corrected chi connectivity index (χ3v) is 0. The van der Waals surface area contributed by atoms with Crippen molar-refractivity contribution in [2.75, 3.05) is 0 Å². The van der Waals surface area contributed by atoms with Crippen molar-refractivity contribution in [3.63, 3.8) is 0 Å². The fraction of sp³-hybridized carbons (Fsp3) is 0. The van der Waals surface area contributed by atoms with Gasteiger partial charge >= 0.3 is 56.5 Å². The molecule has 0 aliphatic carbocycles. The predicted molar refractivity (Wildman–Crippen MR) is 28.3 cm³/mol. The average molecular weight is 372 g/mol. The smallest absolute Gasteiger partial charge is 0 e. The molecule has 1 N–H and O–H groups in total. The number of carbonyl (C=O) groups is 1. The SMILES string of the molecule is O=CO.[C-]#[O+].[C-]#[O+].[C-]#[O+].[C-]#[O+].[C-]#[O+].[Re]. The van der Waals surface area contributed by atoms with Crippen LogP contribution in [0.3, 0.4) is 0 Å². The summed E-state index contributed by atoms with van der Waals surface area (Å²) in [6.45, 7) is 22.2. The molecule has 0 aliphatic heterocycles. The normalized spacial score (nSPS) is 1.57. The van der Waals surface area contributed by atoms with Gasteiger partial charge in [0.2, 0.25) is 0 Å². The van der Waals surface area contributed by atoms with Crippen LogP contribution in [-0.2, 0) is 48.5 Å². The van der Waals surface area contributed by atoms with Gasteiger partial charge in [-0.15, -0.1) is 0 Å². The Kier molecular flexibility index (Phi) is 186000. The monoisotopic (exact) mass is 373 g/mol. The van der Waals surface area contributed by atoms with E-state index in [2.05, 4.69) is 33.3 Å². The summed E-state index contributed by atoms with van der Waals surface area (Å²) in [5, 5.41) is 6.89. The quantitative estimate of drug-likeness (QED) is 0.349. The Hall–Kier alpha value is -1.17. The zero-order valence-electron chi connectivity index (χ0n) is 6.35. The molecule has 0 unspecified atom stereocenters. The number of hydrogen-bond acceptors (Lipinski definition) is 1. The molecule has 0 aromatic rings. The molecule has 0 saturated carbocycles. The van der Waals surface area contributed by atoms with Gasteiger partial charge in [0.15, 0.2) is 0 Å². The van der Waals surface area contributed by atoms with Gasteiger partial charge in [-0.25, -0.2) is 0 Å². The van der Waals surface area contributed by atoms with Crippen LogP contribution in [0.25, 0.3) is 0 Å². The van der Waals surface area contributed by atoms with Crippen LogP contribution in [0.2, 0.25) is 0 Å². The van der Waals surface area contributed by atoms with Gasteiger partial charge < -0.3 is 5.11 Å². The second-order valence-corrected chi connectivity index (χ2v) is 0.105. The van der Waals surface area contributed by atoms with Crippen LogP contribution in [0.15, 0.2) is 0 Å².